The van der Waals surface area contributed by atoms with Gasteiger partial charge in [0.25, 0.3) is 0 Å². The van der Waals surface area contributed by atoms with Crippen molar-refractivity contribution in [2.75, 3.05) is 32.7 Å². The van der Waals surface area contributed by atoms with Gasteiger partial charge >= 0.3 is 6.03 Å². The Morgan fingerprint density at radius 2 is 1.70 bits per heavy atom. The lowest BCUT2D eigenvalue weighted by Crippen LogP contribution is -2.51. The van der Waals surface area contributed by atoms with E-state index in [2.05, 4.69) is 10.6 Å². The van der Waals surface area contributed by atoms with Crippen molar-refractivity contribution in [3.8, 4) is 0 Å². The van der Waals surface area contributed by atoms with Crippen LogP contribution in [-0.2, 0) is 16.1 Å². The topological polar surface area (TPSA) is 81.8 Å². The molecule has 124 valence electrons. The highest BCUT2D eigenvalue weighted by atomic mass is 16.2. The number of carbonyl (C=O) groups is 3. The number of amides is 4. The molecule has 1 fully saturated rings. The second-order valence-electron chi connectivity index (χ2n) is 5.50. The van der Waals surface area contributed by atoms with Crippen molar-refractivity contribution in [2.24, 2.45) is 0 Å². The van der Waals surface area contributed by atoms with E-state index in [4.69, 9.17) is 0 Å². The molecule has 2 rings (SSSR count). The first kappa shape index (κ1) is 17.0. The third-order valence-electron chi connectivity index (χ3n) is 3.73. The second kappa shape index (κ2) is 8.28. The molecular formula is C16H22N4O3. The normalized spacial score (nSPS) is 15.1. The van der Waals surface area contributed by atoms with Crippen LogP contribution >= 0.6 is 0 Å². The molecule has 1 aliphatic rings. The standard InChI is InChI=1S/C16H22N4O3/c1-13(21)20-9-7-19(8-10-20)12-15(22)18-16(23)17-11-14-5-3-2-4-6-14/h2-6H,7-12H2,1H3,(H2,17,18,22,23). The van der Waals surface area contributed by atoms with Gasteiger partial charge < -0.3 is 10.2 Å². The molecule has 0 aromatic heterocycles. The van der Waals surface area contributed by atoms with Crippen LogP contribution in [0.4, 0.5) is 4.79 Å². The van der Waals surface area contributed by atoms with E-state index in [1.807, 2.05) is 35.2 Å². The van der Waals surface area contributed by atoms with Crippen LogP contribution in [0.3, 0.4) is 0 Å². The van der Waals surface area contributed by atoms with E-state index in [-0.39, 0.29) is 18.4 Å². The van der Waals surface area contributed by atoms with E-state index in [9.17, 15) is 14.4 Å². The van der Waals surface area contributed by atoms with Gasteiger partial charge in [-0.05, 0) is 5.56 Å². The predicted molar refractivity (Wildman–Crippen MR) is 85.5 cm³/mol. The highest BCUT2D eigenvalue weighted by Gasteiger charge is 2.20. The average Bonchev–Trinajstić information content (AvgIpc) is 2.54. The highest BCUT2D eigenvalue weighted by molar-refractivity contribution is 5.95. The number of nitrogens with zero attached hydrogens (tertiary/aromatic N) is 2. The van der Waals surface area contributed by atoms with Gasteiger partial charge in [-0.3, -0.25) is 19.8 Å². The van der Waals surface area contributed by atoms with E-state index in [0.29, 0.717) is 32.7 Å². The van der Waals surface area contributed by atoms with Crippen LogP contribution in [0.25, 0.3) is 0 Å². The summed E-state index contributed by atoms with van der Waals surface area (Å²) in [6.45, 7) is 4.57. The van der Waals surface area contributed by atoms with Crippen LogP contribution in [0.15, 0.2) is 30.3 Å². The predicted octanol–water partition coefficient (Wildman–Crippen LogP) is 0.177. The first-order valence-corrected chi connectivity index (χ1v) is 7.64. The molecule has 0 spiro atoms. The van der Waals surface area contributed by atoms with Gasteiger partial charge in [-0.25, -0.2) is 4.79 Å². The molecule has 0 unspecified atom stereocenters. The maximum atomic E-state index is 11.9. The highest BCUT2D eigenvalue weighted by Crippen LogP contribution is 2.01. The van der Waals surface area contributed by atoms with Crippen LogP contribution < -0.4 is 10.6 Å². The molecule has 0 aliphatic carbocycles. The molecule has 7 nitrogen and oxygen atoms in total. The number of hydrogen-bond donors (Lipinski definition) is 2. The first-order valence-electron chi connectivity index (χ1n) is 7.64. The molecule has 0 radical (unpaired) electrons. The third kappa shape index (κ3) is 5.71. The number of rotatable bonds is 4. The van der Waals surface area contributed by atoms with Gasteiger partial charge in [0.05, 0.1) is 6.54 Å². The van der Waals surface area contributed by atoms with E-state index in [0.717, 1.165) is 5.56 Å². The van der Waals surface area contributed by atoms with Gasteiger partial charge in [-0.1, -0.05) is 30.3 Å². The molecule has 1 aliphatic heterocycles. The molecule has 0 saturated carbocycles. The second-order valence-corrected chi connectivity index (χ2v) is 5.50. The Morgan fingerprint density at radius 3 is 2.30 bits per heavy atom. The first-order chi connectivity index (χ1) is 11.0. The summed E-state index contributed by atoms with van der Waals surface area (Å²) in [6, 6.07) is 8.98. The van der Waals surface area contributed by atoms with E-state index in [1.165, 1.54) is 0 Å². The third-order valence-corrected chi connectivity index (χ3v) is 3.73. The summed E-state index contributed by atoms with van der Waals surface area (Å²) in [5.41, 5.74) is 0.968. The summed E-state index contributed by atoms with van der Waals surface area (Å²) in [7, 11) is 0. The Bertz CT molecular complexity index is 554. The van der Waals surface area contributed by atoms with Gasteiger partial charge in [0.2, 0.25) is 11.8 Å². The van der Waals surface area contributed by atoms with Crippen LogP contribution in [-0.4, -0.2) is 60.4 Å². The minimum atomic E-state index is -0.499. The van der Waals surface area contributed by atoms with Crippen molar-refractivity contribution in [3.63, 3.8) is 0 Å². The fourth-order valence-corrected chi connectivity index (χ4v) is 2.41. The molecule has 2 N–H and O–H groups in total. The Morgan fingerprint density at radius 1 is 1.04 bits per heavy atom. The van der Waals surface area contributed by atoms with Gasteiger partial charge in [0.15, 0.2) is 0 Å². The van der Waals surface area contributed by atoms with Crippen molar-refractivity contribution >= 4 is 17.8 Å². The van der Waals surface area contributed by atoms with Crippen LogP contribution in [0, 0.1) is 0 Å². The molecule has 1 aromatic carbocycles. The molecule has 7 heteroatoms. The molecular weight excluding hydrogens is 296 g/mol. The van der Waals surface area contributed by atoms with Crippen LogP contribution in [0.5, 0.6) is 0 Å². The molecule has 1 aromatic rings. The number of urea groups is 1. The summed E-state index contributed by atoms with van der Waals surface area (Å²) < 4.78 is 0. The Labute approximate surface area is 135 Å². The summed E-state index contributed by atoms with van der Waals surface area (Å²) in [5, 5.41) is 4.97. The number of nitrogens with one attached hydrogen (secondary N) is 2. The van der Waals surface area contributed by atoms with Gasteiger partial charge in [-0.15, -0.1) is 0 Å². The smallest absolute Gasteiger partial charge is 0.321 e. The van der Waals surface area contributed by atoms with E-state index in [1.54, 1.807) is 11.8 Å². The number of benzene rings is 1. The maximum absolute atomic E-state index is 11.9. The zero-order valence-electron chi connectivity index (χ0n) is 13.2. The quantitative estimate of drug-likeness (QED) is 0.829. The lowest BCUT2D eigenvalue weighted by Gasteiger charge is -2.33. The largest absolute Gasteiger partial charge is 0.340 e. The maximum Gasteiger partial charge on any atom is 0.321 e. The Balaban J connectivity index is 1.66. The minimum Gasteiger partial charge on any atom is -0.340 e. The summed E-state index contributed by atoms with van der Waals surface area (Å²) in [5.74, 6) is -0.291. The molecule has 0 atom stereocenters. The van der Waals surface area contributed by atoms with Crippen molar-refractivity contribution in [1.29, 1.82) is 0 Å². The van der Waals surface area contributed by atoms with E-state index >= 15 is 0 Å². The molecule has 0 bridgehead atoms. The average molecular weight is 318 g/mol. The fraction of sp³-hybridized carbons (Fsp3) is 0.438. The zero-order chi connectivity index (χ0) is 16.7. The molecule has 1 saturated heterocycles. The lowest BCUT2D eigenvalue weighted by atomic mass is 10.2. The lowest BCUT2D eigenvalue weighted by molar-refractivity contribution is -0.130. The zero-order valence-corrected chi connectivity index (χ0v) is 13.2. The van der Waals surface area contributed by atoms with Gasteiger partial charge in [0.1, 0.15) is 0 Å². The van der Waals surface area contributed by atoms with Crippen molar-refractivity contribution < 1.29 is 14.4 Å². The van der Waals surface area contributed by atoms with E-state index < -0.39 is 6.03 Å². The van der Waals surface area contributed by atoms with Gasteiger partial charge in [0, 0.05) is 39.6 Å². The summed E-state index contributed by atoms with van der Waals surface area (Å²) in [4.78, 5) is 38.5. The van der Waals surface area contributed by atoms with Crippen molar-refractivity contribution in [1.82, 2.24) is 20.4 Å². The van der Waals surface area contributed by atoms with Gasteiger partial charge in [-0.2, -0.15) is 0 Å². The molecule has 4 amide bonds. The fourth-order valence-electron chi connectivity index (χ4n) is 2.41. The molecule has 1 heterocycles. The number of carbonyl (C=O) groups excluding carboxylic acids is 3. The number of imide groups is 1. The number of hydrogen-bond acceptors (Lipinski definition) is 4. The summed E-state index contributed by atoms with van der Waals surface area (Å²) >= 11 is 0. The van der Waals surface area contributed by atoms with Crippen LogP contribution in [0.2, 0.25) is 0 Å². The molecule has 23 heavy (non-hydrogen) atoms. The Hall–Kier alpha value is -2.41. The van der Waals surface area contributed by atoms with Crippen molar-refractivity contribution in [3.05, 3.63) is 35.9 Å². The summed E-state index contributed by atoms with van der Waals surface area (Å²) in [6.07, 6.45) is 0. The monoisotopic (exact) mass is 318 g/mol. The minimum absolute atomic E-state index is 0.0504. The van der Waals surface area contributed by atoms with Crippen LogP contribution in [0.1, 0.15) is 12.5 Å². The van der Waals surface area contributed by atoms with Crippen molar-refractivity contribution in [2.45, 2.75) is 13.5 Å². The number of piperazine rings is 1. The SMILES string of the molecule is CC(=O)N1CCN(CC(=O)NC(=O)NCc2ccccc2)CC1. The Kier molecular flexibility index (Phi) is 6.10.